The van der Waals surface area contributed by atoms with Crippen LogP contribution < -0.4 is 5.32 Å². The maximum Gasteiger partial charge on any atom is 0.0498 e. The molecule has 0 aliphatic heterocycles. The molecule has 18 heavy (non-hydrogen) atoms. The van der Waals surface area contributed by atoms with E-state index in [2.05, 4.69) is 42.9 Å². The van der Waals surface area contributed by atoms with Gasteiger partial charge in [0.1, 0.15) is 0 Å². The number of nitrogens with zero attached hydrogens (tertiary/aromatic N) is 1. The van der Waals surface area contributed by atoms with Crippen molar-refractivity contribution < 1.29 is 0 Å². The molecule has 0 aliphatic carbocycles. The third-order valence-electron chi connectivity index (χ3n) is 3.14. The summed E-state index contributed by atoms with van der Waals surface area (Å²) >= 11 is 6.07. The van der Waals surface area contributed by atoms with Crippen LogP contribution in [0.15, 0.2) is 24.4 Å². The first-order chi connectivity index (χ1) is 8.61. The average molecular weight is 265 g/mol. The number of aromatic nitrogens is 1. The summed E-state index contributed by atoms with van der Waals surface area (Å²) in [5, 5.41) is 5.60. The third kappa shape index (κ3) is 2.88. The van der Waals surface area contributed by atoms with Crippen molar-refractivity contribution >= 4 is 22.5 Å². The van der Waals surface area contributed by atoms with E-state index >= 15 is 0 Å². The number of halogens is 1. The van der Waals surface area contributed by atoms with Gasteiger partial charge < -0.3 is 9.88 Å². The van der Waals surface area contributed by atoms with Gasteiger partial charge in [-0.15, -0.1) is 0 Å². The number of hydrogen-bond acceptors (Lipinski definition) is 1. The van der Waals surface area contributed by atoms with Crippen molar-refractivity contribution in [2.75, 3.05) is 6.54 Å². The minimum absolute atomic E-state index is 0.680. The second-order valence-corrected chi connectivity index (χ2v) is 5.56. The molecule has 1 heterocycles. The number of nitrogens with one attached hydrogen (secondary N) is 1. The van der Waals surface area contributed by atoms with Crippen molar-refractivity contribution in [3.05, 3.63) is 35.0 Å². The van der Waals surface area contributed by atoms with Gasteiger partial charge in [0.25, 0.3) is 0 Å². The Bertz CT molecular complexity index is 529. The minimum Gasteiger partial charge on any atom is -0.347 e. The van der Waals surface area contributed by atoms with E-state index in [0.717, 1.165) is 24.7 Å². The maximum absolute atomic E-state index is 6.07. The molecule has 0 spiro atoms. The van der Waals surface area contributed by atoms with Crippen molar-refractivity contribution in [3.8, 4) is 0 Å². The zero-order valence-electron chi connectivity index (χ0n) is 11.3. The van der Waals surface area contributed by atoms with Gasteiger partial charge in [-0.2, -0.15) is 0 Å². The molecular formula is C15H21ClN2. The van der Waals surface area contributed by atoms with Crippen molar-refractivity contribution in [1.29, 1.82) is 0 Å². The van der Waals surface area contributed by atoms with Crippen LogP contribution in [0.25, 0.3) is 10.9 Å². The summed E-state index contributed by atoms with van der Waals surface area (Å²) in [6.07, 6.45) is 2.23. The Morgan fingerprint density at radius 3 is 2.78 bits per heavy atom. The number of benzene rings is 1. The predicted octanol–water partition coefficient (Wildman–Crippen LogP) is 4.06. The maximum atomic E-state index is 6.07. The van der Waals surface area contributed by atoms with Crippen LogP contribution in [0, 0.1) is 5.92 Å². The fourth-order valence-electron chi connectivity index (χ4n) is 2.24. The first-order valence-electron chi connectivity index (χ1n) is 6.59. The summed E-state index contributed by atoms with van der Waals surface area (Å²) in [4.78, 5) is 0. The Kier molecular flexibility index (Phi) is 4.31. The second kappa shape index (κ2) is 5.77. The number of fused-ring (bicyclic) bond motifs is 1. The first kappa shape index (κ1) is 13.4. The summed E-state index contributed by atoms with van der Waals surface area (Å²) in [6.45, 7) is 9.55. The van der Waals surface area contributed by atoms with Gasteiger partial charge in [-0.3, -0.25) is 0 Å². The van der Waals surface area contributed by atoms with Crippen molar-refractivity contribution in [2.24, 2.45) is 5.92 Å². The molecule has 3 heteroatoms. The molecule has 0 atom stereocenters. The molecule has 98 valence electrons. The molecule has 2 aromatic rings. The topological polar surface area (TPSA) is 17.0 Å². The van der Waals surface area contributed by atoms with E-state index in [1.807, 2.05) is 12.1 Å². The molecule has 0 radical (unpaired) electrons. The van der Waals surface area contributed by atoms with E-state index in [-0.39, 0.29) is 0 Å². The SMILES string of the molecule is CCn1cc(CNCC(C)C)c2ccc(Cl)cc21. The minimum atomic E-state index is 0.680. The molecule has 0 aliphatic rings. The van der Waals surface area contributed by atoms with Crippen molar-refractivity contribution in [1.82, 2.24) is 9.88 Å². The first-order valence-corrected chi connectivity index (χ1v) is 6.97. The molecule has 2 rings (SSSR count). The summed E-state index contributed by atoms with van der Waals surface area (Å²) in [6, 6.07) is 6.14. The zero-order chi connectivity index (χ0) is 13.1. The lowest BCUT2D eigenvalue weighted by Crippen LogP contribution is -2.18. The highest BCUT2D eigenvalue weighted by Crippen LogP contribution is 2.24. The van der Waals surface area contributed by atoms with E-state index in [4.69, 9.17) is 11.6 Å². The van der Waals surface area contributed by atoms with Gasteiger partial charge in [-0.05, 0) is 37.1 Å². The summed E-state index contributed by atoms with van der Waals surface area (Å²) in [5.41, 5.74) is 2.58. The van der Waals surface area contributed by atoms with Gasteiger partial charge in [0.2, 0.25) is 0 Å². The van der Waals surface area contributed by atoms with E-state index in [1.54, 1.807) is 0 Å². The Morgan fingerprint density at radius 1 is 1.33 bits per heavy atom. The van der Waals surface area contributed by atoms with Crippen LogP contribution in [-0.4, -0.2) is 11.1 Å². The quantitative estimate of drug-likeness (QED) is 0.862. The van der Waals surface area contributed by atoms with E-state index in [0.29, 0.717) is 5.92 Å². The lowest BCUT2D eigenvalue weighted by molar-refractivity contribution is 0.552. The standard InChI is InChI=1S/C15H21ClN2/c1-4-18-10-12(9-17-8-11(2)3)14-6-5-13(16)7-15(14)18/h5-7,10-11,17H,4,8-9H2,1-3H3. The molecular weight excluding hydrogens is 244 g/mol. The van der Waals surface area contributed by atoms with Crippen LogP contribution in [0.5, 0.6) is 0 Å². The normalized spacial score (nSPS) is 11.6. The monoisotopic (exact) mass is 264 g/mol. The molecule has 0 fully saturated rings. The lowest BCUT2D eigenvalue weighted by atomic mass is 10.1. The molecule has 0 bridgehead atoms. The van der Waals surface area contributed by atoms with Gasteiger partial charge in [0, 0.05) is 35.2 Å². The van der Waals surface area contributed by atoms with Crippen molar-refractivity contribution in [3.63, 3.8) is 0 Å². The third-order valence-corrected chi connectivity index (χ3v) is 3.37. The molecule has 1 aromatic heterocycles. The van der Waals surface area contributed by atoms with Gasteiger partial charge in [0.05, 0.1) is 0 Å². The molecule has 1 aromatic carbocycles. The largest absolute Gasteiger partial charge is 0.347 e. The van der Waals surface area contributed by atoms with Gasteiger partial charge in [-0.25, -0.2) is 0 Å². The van der Waals surface area contributed by atoms with Gasteiger partial charge in [0.15, 0.2) is 0 Å². The van der Waals surface area contributed by atoms with Crippen LogP contribution in [0.4, 0.5) is 0 Å². The second-order valence-electron chi connectivity index (χ2n) is 5.13. The number of rotatable bonds is 5. The Labute approximate surface area is 114 Å². The molecule has 0 unspecified atom stereocenters. The molecule has 1 N–H and O–H groups in total. The van der Waals surface area contributed by atoms with Crippen LogP contribution in [0.1, 0.15) is 26.3 Å². The van der Waals surface area contributed by atoms with Crippen LogP contribution >= 0.6 is 11.6 Å². The average Bonchev–Trinajstić information content (AvgIpc) is 2.66. The highest BCUT2D eigenvalue weighted by Gasteiger charge is 2.08. The van der Waals surface area contributed by atoms with Crippen LogP contribution in [0.3, 0.4) is 0 Å². The Balaban J connectivity index is 2.27. The van der Waals surface area contributed by atoms with Gasteiger partial charge in [-0.1, -0.05) is 31.5 Å². The fourth-order valence-corrected chi connectivity index (χ4v) is 2.41. The van der Waals surface area contributed by atoms with Crippen LogP contribution in [-0.2, 0) is 13.1 Å². The van der Waals surface area contributed by atoms with E-state index in [1.165, 1.54) is 16.5 Å². The molecule has 0 saturated carbocycles. The smallest absolute Gasteiger partial charge is 0.0498 e. The van der Waals surface area contributed by atoms with E-state index < -0.39 is 0 Å². The van der Waals surface area contributed by atoms with Crippen LogP contribution in [0.2, 0.25) is 5.02 Å². The Hall–Kier alpha value is -0.990. The zero-order valence-corrected chi connectivity index (χ0v) is 12.1. The number of aryl methyl sites for hydroxylation is 1. The summed E-state index contributed by atoms with van der Waals surface area (Å²) in [7, 11) is 0. The molecule has 2 nitrogen and oxygen atoms in total. The molecule has 0 saturated heterocycles. The molecule has 0 amide bonds. The highest BCUT2D eigenvalue weighted by atomic mass is 35.5. The summed E-state index contributed by atoms with van der Waals surface area (Å²) < 4.78 is 2.26. The van der Waals surface area contributed by atoms with Gasteiger partial charge >= 0.3 is 0 Å². The van der Waals surface area contributed by atoms with Crippen molar-refractivity contribution in [2.45, 2.75) is 33.9 Å². The Morgan fingerprint density at radius 2 is 2.11 bits per heavy atom. The fraction of sp³-hybridized carbons (Fsp3) is 0.467. The summed E-state index contributed by atoms with van der Waals surface area (Å²) in [5.74, 6) is 0.680. The highest BCUT2D eigenvalue weighted by molar-refractivity contribution is 6.31. The number of hydrogen-bond donors (Lipinski definition) is 1. The van der Waals surface area contributed by atoms with E-state index in [9.17, 15) is 0 Å². The predicted molar refractivity (Wildman–Crippen MR) is 79.2 cm³/mol. The lowest BCUT2D eigenvalue weighted by Gasteiger charge is -2.06.